The first-order valence-corrected chi connectivity index (χ1v) is 9.27. The van der Waals surface area contributed by atoms with Gasteiger partial charge in [-0.15, -0.1) is 0 Å². The molecule has 27 heavy (non-hydrogen) atoms. The minimum Gasteiger partial charge on any atom is -0.493 e. The van der Waals surface area contributed by atoms with Crippen LogP contribution in [0, 0.1) is 6.92 Å². The standard InChI is InChI=1S/C22H27N3O2/c1-18-6-3-4-7-20(18)16-27-21-9-8-19(14-22(21)26-2)15-23-10-5-12-25-13-11-24-17-25/h3-4,6-9,11,13-14,17,23H,5,10,12,15-16H2,1-2H3. The number of ether oxygens (including phenoxy) is 2. The normalized spacial score (nSPS) is 10.7. The van der Waals surface area contributed by atoms with Crippen LogP contribution in [0.1, 0.15) is 23.1 Å². The average Bonchev–Trinajstić information content (AvgIpc) is 3.21. The molecular weight excluding hydrogens is 338 g/mol. The zero-order valence-electron chi connectivity index (χ0n) is 16.0. The van der Waals surface area contributed by atoms with Gasteiger partial charge in [0.1, 0.15) is 6.61 Å². The summed E-state index contributed by atoms with van der Waals surface area (Å²) in [7, 11) is 1.68. The molecule has 0 radical (unpaired) electrons. The van der Waals surface area contributed by atoms with Crippen LogP contribution in [0.3, 0.4) is 0 Å². The van der Waals surface area contributed by atoms with E-state index in [0.717, 1.165) is 37.6 Å². The number of nitrogens with zero attached hydrogens (tertiary/aromatic N) is 2. The van der Waals surface area contributed by atoms with Crippen LogP contribution in [-0.4, -0.2) is 23.2 Å². The van der Waals surface area contributed by atoms with Gasteiger partial charge < -0.3 is 19.4 Å². The molecule has 0 unspecified atom stereocenters. The summed E-state index contributed by atoms with van der Waals surface area (Å²) in [5.41, 5.74) is 3.59. The first kappa shape index (κ1) is 19.0. The number of rotatable bonds is 10. The van der Waals surface area contributed by atoms with Gasteiger partial charge in [0, 0.05) is 25.5 Å². The Hall–Kier alpha value is -2.79. The molecule has 142 valence electrons. The summed E-state index contributed by atoms with van der Waals surface area (Å²) in [5, 5.41) is 3.47. The van der Waals surface area contributed by atoms with Gasteiger partial charge in [-0.3, -0.25) is 0 Å². The highest BCUT2D eigenvalue weighted by molar-refractivity contribution is 5.43. The summed E-state index contributed by atoms with van der Waals surface area (Å²) in [6.07, 6.45) is 6.70. The predicted molar refractivity (Wildman–Crippen MR) is 107 cm³/mol. The molecule has 0 fully saturated rings. The van der Waals surface area contributed by atoms with Gasteiger partial charge in [0.25, 0.3) is 0 Å². The molecule has 1 aromatic heterocycles. The molecule has 0 amide bonds. The largest absolute Gasteiger partial charge is 0.493 e. The Morgan fingerprint density at radius 1 is 1.11 bits per heavy atom. The second-order valence-electron chi connectivity index (χ2n) is 6.53. The topological polar surface area (TPSA) is 48.3 Å². The Morgan fingerprint density at radius 2 is 2.00 bits per heavy atom. The first-order chi connectivity index (χ1) is 13.3. The van der Waals surface area contributed by atoms with Gasteiger partial charge in [-0.1, -0.05) is 30.3 Å². The fraction of sp³-hybridized carbons (Fsp3) is 0.318. The monoisotopic (exact) mass is 365 g/mol. The molecule has 1 heterocycles. The molecule has 3 aromatic rings. The molecule has 0 atom stereocenters. The highest BCUT2D eigenvalue weighted by Crippen LogP contribution is 2.29. The van der Waals surface area contributed by atoms with Crippen molar-refractivity contribution in [3.63, 3.8) is 0 Å². The fourth-order valence-electron chi connectivity index (χ4n) is 2.91. The molecule has 0 aliphatic rings. The number of hydrogen-bond acceptors (Lipinski definition) is 4. The van der Waals surface area contributed by atoms with E-state index in [-0.39, 0.29) is 0 Å². The summed E-state index contributed by atoms with van der Waals surface area (Å²) >= 11 is 0. The predicted octanol–water partition coefficient (Wildman–Crippen LogP) is 3.96. The number of hydrogen-bond donors (Lipinski definition) is 1. The molecule has 3 rings (SSSR count). The van der Waals surface area contributed by atoms with E-state index in [2.05, 4.69) is 40.0 Å². The summed E-state index contributed by atoms with van der Waals surface area (Å²) in [6, 6.07) is 14.4. The summed E-state index contributed by atoms with van der Waals surface area (Å²) < 4.78 is 13.6. The molecule has 5 heteroatoms. The van der Waals surface area contributed by atoms with E-state index in [0.29, 0.717) is 6.61 Å². The van der Waals surface area contributed by atoms with Gasteiger partial charge in [-0.05, 0) is 48.7 Å². The third kappa shape index (κ3) is 5.59. The number of nitrogens with one attached hydrogen (secondary N) is 1. The summed E-state index contributed by atoms with van der Waals surface area (Å²) in [5.74, 6) is 1.53. The van der Waals surface area contributed by atoms with E-state index in [1.807, 2.05) is 43.0 Å². The van der Waals surface area contributed by atoms with Crippen LogP contribution in [0.5, 0.6) is 11.5 Å². The molecule has 0 spiro atoms. The van der Waals surface area contributed by atoms with Gasteiger partial charge in [0.15, 0.2) is 11.5 Å². The molecule has 0 saturated carbocycles. The van der Waals surface area contributed by atoms with Crippen molar-refractivity contribution >= 4 is 0 Å². The van der Waals surface area contributed by atoms with Gasteiger partial charge in [0.2, 0.25) is 0 Å². The molecule has 0 bridgehead atoms. The minimum absolute atomic E-state index is 0.537. The average molecular weight is 365 g/mol. The van der Waals surface area contributed by atoms with Crippen molar-refractivity contribution in [1.29, 1.82) is 0 Å². The third-order valence-corrected chi connectivity index (χ3v) is 4.53. The fourth-order valence-corrected chi connectivity index (χ4v) is 2.91. The molecule has 0 aliphatic heterocycles. The van der Waals surface area contributed by atoms with Gasteiger partial charge in [0.05, 0.1) is 13.4 Å². The van der Waals surface area contributed by atoms with Crippen LogP contribution in [-0.2, 0) is 19.7 Å². The van der Waals surface area contributed by atoms with Crippen LogP contribution in [0.15, 0.2) is 61.2 Å². The maximum atomic E-state index is 5.98. The summed E-state index contributed by atoms with van der Waals surface area (Å²) in [4.78, 5) is 4.05. The Labute approximate surface area is 161 Å². The van der Waals surface area contributed by atoms with Crippen molar-refractivity contribution in [2.75, 3.05) is 13.7 Å². The lowest BCUT2D eigenvalue weighted by molar-refractivity contribution is 0.283. The van der Waals surface area contributed by atoms with Gasteiger partial charge >= 0.3 is 0 Å². The molecule has 0 saturated heterocycles. The van der Waals surface area contributed by atoms with Gasteiger partial charge in [-0.25, -0.2) is 4.98 Å². The Morgan fingerprint density at radius 3 is 2.78 bits per heavy atom. The second kappa shape index (κ2) is 9.78. The first-order valence-electron chi connectivity index (χ1n) is 9.27. The Bertz CT molecular complexity index is 831. The van der Waals surface area contributed by atoms with Crippen LogP contribution in [0.25, 0.3) is 0 Å². The van der Waals surface area contributed by atoms with Crippen LogP contribution in [0.4, 0.5) is 0 Å². The maximum absolute atomic E-state index is 5.98. The quantitative estimate of drug-likeness (QED) is 0.553. The lowest BCUT2D eigenvalue weighted by Crippen LogP contribution is -2.16. The molecular formula is C22H27N3O2. The lowest BCUT2D eigenvalue weighted by Gasteiger charge is -2.13. The lowest BCUT2D eigenvalue weighted by atomic mass is 10.1. The van der Waals surface area contributed by atoms with Crippen LogP contribution in [0.2, 0.25) is 0 Å². The van der Waals surface area contributed by atoms with Crippen molar-refractivity contribution in [1.82, 2.24) is 14.9 Å². The molecule has 5 nitrogen and oxygen atoms in total. The van der Waals surface area contributed by atoms with Crippen LogP contribution < -0.4 is 14.8 Å². The van der Waals surface area contributed by atoms with Crippen LogP contribution >= 0.6 is 0 Å². The Kier molecular flexibility index (Phi) is 6.88. The van der Waals surface area contributed by atoms with E-state index in [9.17, 15) is 0 Å². The SMILES string of the molecule is COc1cc(CNCCCn2ccnc2)ccc1OCc1ccccc1C. The van der Waals surface area contributed by atoms with E-state index < -0.39 is 0 Å². The number of aromatic nitrogens is 2. The van der Waals surface area contributed by atoms with E-state index in [1.54, 1.807) is 7.11 Å². The molecule has 0 aliphatic carbocycles. The smallest absolute Gasteiger partial charge is 0.161 e. The summed E-state index contributed by atoms with van der Waals surface area (Å²) in [6.45, 7) is 5.36. The zero-order valence-corrected chi connectivity index (χ0v) is 16.0. The molecule has 1 N–H and O–H groups in total. The van der Waals surface area contributed by atoms with Crippen molar-refractivity contribution in [3.8, 4) is 11.5 Å². The third-order valence-electron chi connectivity index (χ3n) is 4.53. The highest BCUT2D eigenvalue weighted by atomic mass is 16.5. The Balaban J connectivity index is 1.48. The van der Waals surface area contributed by atoms with E-state index in [4.69, 9.17) is 9.47 Å². The number of methoxy groups -OCH3 is 1. The zero-order chi connectivity index (χ0) is 18.9. The number of aryl methyl sites for hydroxylation is 2. The van der Waals surface area contributed by atoms with E-state index >= 15 is 0 Å². The van der Waals surface area contributed by atoms with Gasteiger partial charge in [-0.2, -0.15) is 0 Å². The van der Waals surface area contributed by atoms with Crippen molar-refractivity contribution in [3.05, 3.63) is 77.9 Å². The van der Waals surface area contributed by atoms with Crippen molar-refractivity contribution in [2.45, 2.75) is 33.0 Å². The van der Waals surface area contributed by atoms with Crippen molar-refractivity contribution < 1.29 is 9.47 Å². The maximum Gasteiger partial charge on any atom is 0.161 e. The molecule has 2 aromatic carbocycles. The number of benzene rings is 2. The highest BCUT2D eigenvalue weighted by Gasteiger charge is 2.07. The number of imidazole rings is 1. The minimum atomic E-state index is 0.537. The second-order valence-corrected chi connectivity index (χ2v) is 6.53. The van der Waals surface area contributed by atoms with E-state index in [1.165, 1.54) is 16.7 Å². The van der Waals surface area contributed by atoms with Crippen molar-refractivity contribution in [2.24, 2.45) is 0 Å².